The molecule has 6 heteroatoms. The third-order valence-electron chi connectivity index (χ3n) is 5.11. The third kappa shape index (κ3) is 3.23. The van der Waals surface area contributed by atoms with Gasteiger partial charge in [0.2, 0.25) is 0 Å². The number of rotatable bonds is 5. The number of aryl methyl sites for hydroxylation is 1. The molecule has 0 aliphatic carbocycles. The highest BCUT2D eigenvalue weighted by atomic mass is 32.2. The first-order chi connectivity index (χ1) is 13.1. The summed E-state index contributed by atoms with van der Waals surface area (Å²) in [6.45, 7) is 2.02. The van der Waals surface area contributed by atoms with Gasteiger partial charge in [-0.15, -0.1) is 0 Å². The number of methoxy groups -OCH3 is 1. The van der Waals surface area contributed by atoms with Gasteiger partial charge in [-0.3, -0.25) is 5.01 Å². The van der Waals surface area contributed by atoms with Crippen molar-refractivity contribution >= 4 is 17.5 Å². The number of para-hydroxylation sites is 1. The molecule has 2 aliphatic rings. The Hall–Kier alpha value is -2.34. The standard InChI is InChI=1S/C21H24N2O3S/c1-13-7-8-18(24)15(11-13)16-12-17-14-5-4-6-19(25-2)21(14)26-20(9-10-27-3)23(17)22-16/h4-8,11,17,20,24H,9-10,12H2,1-3H3. The first-order valence-corrected chi connectivity index (χ1v) is 10.5. The quantitative estimate of drug-likeness (QED) is 0.831. The van der Waals surface area contributed by atoms with E-state index in [-0.39, 0.29) is 18.0 Å². The maximum absolute atomic E-state index is 10.4. The molecule has 5 nitrogen and oxygen atoms in total. The summed E-state index contributed by atoms with van der Waals surface area (Å²) in [6, 6.07) is 11.7. The summed E-state index contributed by atoms with van der Waals surface area (Å²) in [4.78, 5) is 0. The van der Waals surface area contributed by atoms with Crippen LogP contribution in [0.4, 0.5) is 0 Å². The molecule has 0 saturated heterocycles. The van der Waals surface area contributed by atoms with Crippen molar-refractivity contribution in [3.8, 4) is 17.2 Å². The molecule has 0 amide bonds. The van der Waals surface area contributed by atoms with Crippen LogP contribution in [-0.4, -0.2) is 41.2 Å². The average molecular weight is 385 g/mol. The van der Waals surface area contributed by atoms with Crippen molar-refractivity contribution in [2.24, 2.45) is 5.10 Å². The number of aromatic hydroxyl groups is 1. The Balaban J connectivity index is 1.75. The van der Waals surface area contributed by atoms with E-state index in [0.29, 0.717) is 0 Å². The molecule has 0 bridgehead atoms. The van der Waals surface area contributed by atoms with E-state index in [1.807, 2.05) is 31.2 Å². The van der Waals surface area contributed by atoms with Gasteiger partial charge in [-0.1, -0.05) is 23.8 Å². The van der Waals surface area contributed by atoms with Gasteiger partial charge in [-0.05, 0) is 37.1 Å². The van der Waals surface area contributed by atoms with E-state index in [4.69, 9.17) is 14.6 Å². The number of thioether (sulfide) groups is 1. The largest absolute Gasteiger partial charge is 0.507 e. The highest BCUT2D eigenvalue weighted by Gasteiger charge is 2.41. The number of hydrogen-bond acceptors (Lipinski definition) is 6. The number of hydrogen-bond donors (Lipinski definition) is 1. The summed E-state index contributed by atoms with van der Waals surface area (Å²) in [5.41, 5.74) is 3.89. The zero-order valence-electron chi connectivity index (χ0n) is 15.8. The molecule has 2 heterocycles. The lowest BCUT2D eigenvalue weighted by molar-refractivity contribution is -0.0198. The second-order valence-electron chi connectivity index (χ2n) is 6.90. The van der Waals surface area contributed by atoms with Crippen LogP contribution in [0, 0.1) is 6.92 Å². The van der Waals surface area contributed by atoms with Crippen LogP contribution < -0.4 is 9.47 Å². The number of nitrogens with zero attached hydrogens (tertiary/aromatic N) is 2. The van der Waals surface area contributed by atoms with Gasteiger partial charge in [0.15, 0.2) is 17.7 Å². The summed E-state index contributed by atoms with van der Waals surface area (Å²) >= 11 is 1.80. The van der Waals surface area contributed by atoms with E-state index in [1.165, 1.54) is 0 Å². The number of fused-ring (bicyclic) bond motifs is 3. The van der Waals surface area contributed by atoms with Crippen LogP contribution in [0.2, 0.25) is 0 Å². The number of ether oxygens (including phenoxy) is 2. The lowest BCUT2D eigenvalue weighted by Gasteiger charge is -2.38. The molecular formula is C21H24N2O3S. The number of hydrazone groups is 1. The van der Waals surface area contributed by atoms with Gasteiger partial charge in [-0.25, -0.2) is 0 Å². The highest BCUT2D eigenvalue weighted by molar-refractivity contribution is 7.98. The third-order valence-corrected chi connectivity index (χ3v) is 5.76. The summed E-state index contributed by atoms with van der Waals surface area (Å²) < 4.78 is 11.9. The maximum atomic E-state index is 10.4. The molecule has 0 aromatic heterocycles. The Morgan fingerprint density at radius 1 is 1.33 bits per heavy atom. The van der Waals surface area contributed by atoms with Crippen LogP contribution in [0.1, 0.15) is 35.6 Å². The topological polar surface area (TPSA) is 54.3 Å². The molecule has 2 aromatic carbocycles. The molecule has 27 heavy (non-hydrogen) atoms. The molecular weight excluding hydrogens is 360 g/mol. The molecule has 2 unspecified atom stereocenters. The molecule has 2 aliphatic heterocycles. The zero-order valence-corrected chi connectivity index (χ0v) is 16.6. The minimum absolute atomic E-state index is 0.0885. The van der Waals surface area contributed by atoms with Crippen molar-refractivity contribution in [1.82, 2.24) is 5.01 Å². The van der Waals surface area contributed by atoms with Crippen LogP contribution in [-0.2, 0) is 0 Å². The minimum Gasteiger partial charge on any atom is -0.507 e. The second-order valence-corrected chi connectivity index (χ2v) is 7.89. The Kier molecular flexibility index (Phi) is 4.91. The van der Waals surface area contributed by atoms with Crippen molar-refractivity contribution in [2.75, 3.05) is 19.1 Å². The van der Waals surface area contributed by atoms with Crippen LogP contribution >= 0.6 is 11.8 Å². The molecule has 1 N–H and O–H groups in total. The minimum atomic E-state index is -0.143. The van der Waals surface area contributed by atoms with Crippen LogP contribution in [0.5, 0.6) is 17.2 Å². The van der Waals surface area contributed by atoms with Gasteiger partial charge in [0.05, 0.1) is 18.9 Å². The molecule has 4 rings (SSSR count). The Labute approximate surface area is 164 Å². The fourth-order valence-corrected chi connectivity index (χ4v) is 4.21. The summed E-state index contributed by atoms with van der Waals surface area (Å²) in [5, 5.41) is 17.3. The van der Waals surface area contributed by atoms with Gasteiger partial charge in [0.25, 0.3) is 0 Å². The van der Waals surface area contributed by atoms with E-state index in [1.54, 1.807) is 24.9 Å². The van der Waals surface area contributed by atoms with E-state index in [9.17, 15) is 5.11 Å². The van der Waals surface area contributed by atoms with E-state index in [0.717, 1.165) is 52.5 Å². The fourth-order valence-electron chi connectivity index (χ4n) is 3.77. The van der Waals surface area contributed by atoms with Gasteiger partial charge < -0.3 is 14.6 Å². The van der Waals surface area contributed by atoms with E-state index >= 15 is 0 Å². The first kappa shape index (κ1) is 18.0. The summed E-state index contributed by atoms with van der Waals surface area (Å²) in [6.07, 6.45) is 3.55. The van der Waals surface area contributed by atoms with Gasteiger partial charge >= 0.3 is 0 Å². The molecule has 0 radical (unpaired) electrons. The second kappa shape index (κ2) is 7.35. The summed E-state index contributed by atoms with van der Waals surface area (Å²) in [7, 11) is 1.67. The first-order valence-electron chi connectivity index (χ1n) is 9.10. The predicted octanol–water partition coefficient (Wildman–Crippen LogP) is 4.33. The van der Waals surface area contributed by atoms with Crippen molar-refractivity contribution < 1.29 is 14.6 Å². The maximum Gasteiger partial charge on any atom is 0.188 e. The lowest BCUT2D eigenvalue weighted by Crippen LogP contribution is -2.40. The monoisotopic (exact) mass is 384 g/mol. The Morgan fingerprint density at radius 2 is 2.19 bits per heavy atom. The predicted molar refractivity (Wildman–Crippen MR) is 109 cm³/mol. The SMILES string of the molecule is COc1cccc2c1OC(CCSC)N1N=C(c3cc(C)ccc3O)CC21. The smallest absolute Gasteiger partial charge is 0.188 e. The summed E-state index contributed by atoms with van der Waals surface area (Å²) in [5.74, 6) is 2.83. The van der Waals surface area contributed by atoms with Crippen molar-refractivity contribution in [3.63, 3.8) is 0 Å². The molecule has 0 spiro atoms. The number of phenols is 1. The van der Waals surface area contributed by atoms with E-state index < -0.39 is 0 Å². The molecule has 2 atom stereocenters. The van der Waals surface area contributed by atoms with Crippen LogP contribution in [0.25, 0.3) is 0 Å². The van der Waals surface area contributed by atoms with Crippen molar-refractivity contribution in [1.29, 1.82) is 0 Å². The van der Waals surface area contributed by atoms with E-state index in [2.05, 4.69) is 17.3 Å². The zero-order chi connectivity index (χ0) is 19.0. The van der Waals surface area contributed by atoms with Crippen molar-refractivity contribution in [2.45, 2.75) is 32.0 Å². The molecule has 0 saturated carbocycles. The fraction of sp³-hybridized carbons (Fsp3) is 0.381. The van der Waals surface area contributed by atoms with Crippen LogP contribution in [0.15, 0.2) is 41.5 Å². The molecule has 0 fully saturated rings. The van der Waals surface area contributed by atoms with Gasteiger partial charge in [0, 0.05) is 24.0 Å². The lowest BCUT2D eigenvalue weighted by atomic mass is 9.95. The Bertz CT molecular complexity index is 884. The molecule has 2 aromatic rings. The van der Waals surface area contributed by atoms with Gasteiger partial charge in [-0.2, -0.15) is 16.9 Å². The normalized spacial score (nSPS) is 20.6. The van der Waals surface area contributed by atoms with Crippen LogP contribution in [0.3, 0.4) is 0 Å². The number of benzene rings is 2. The van der Waals surface area contributed by atoms with Crippen molar-refractivity contribution in [3.05, 3.63) is 53.1 Å². The highest BCUT2D eigenvalue weighted by Crippen LogP contribution is 2.47. The average Bonchev–Trinajstić information content (AvgIpc) is 3.13. The number of phenolic OH excluding ortho intramolecular Hbond substituents is 1. The van der Waals surface area contributed by atoms with Gasteiger partial charge in [0.1, 0.15) is 5.75 Å². The molecule has 142 valence electrons. The Morgan fingerprint density at radius 3 is 2.96 bits per heavy atom.